The molecule has 2 N–H and O–H groups in total. The fraction of sp³-hybridized carbons (Fsp3) is 0.333. The van der Waals surface area contributed by atoms with Crippen LogP contribution in [-0.4, -0.2) is 23.6 Å². The fourth-order valence-electron chi connectivity index (χ4n) is 1.57. The van der Waals surface area contributed by atoms with E-state index in [1.54, 1.807) is 13.4 Å². The highest BCUT2D eigenvalue weighted by Gasteiger charge is 2.11. The molecule has 0 radical (unpaired) electrons. The first-order chi connectivity index (χ1) is 8.85. The minimum Gasteiger partial charge on any atom is -0.490 e. The van der Waals surface area contributed by atoms with Crippen molar-refractivity contribution in [1.29, 1.82) is 0 Å². The standard InChI is InChI=1S/C12H16N4O2/c1-3-13-11-10(17-2)12(16-8-15-11)14-7-9-5-4-6-18-9/h4-6,8H,3,7H2,1-2H3,(H2,13,14,15,16). The Morgan fingerprint density at radius 3 is 2.67 bits per heavy atom. The summed E-state index contributed by atoms with van der Waals surface area (Å²) in [5.41, 5.74) is 0. The Balaban J connectivity index is 2.13. The Bertz CT molecular complexity index is 485. The van der Waals surface area contributed by atoms with E-state index in [1.165, 1.54) is 6.33 Å². The lowest BCUT2D eigenvalue weighted by Gasteiger charge is -2.12. The van der Waals surface area contributed by atoms with Gasteiger partial charge in [-0.3, -0.25) is 0 Å². The van der Waals surface area contributed by atoms with Gasteiger partial charge in [0.15, 0.2) is 11.6 Å². The lowest BCUT2D eigenvalue weighted by molar-refractivity contribution is 0.414. The summed E-state index contributed by atoms with van der Waals surface area (Å²) >= 11 is 0. The molecule has 0 saturated carbocycles. The Kier molecular flexibility index (Phi) is 4.01. The molecule has 2 aromatic heterocycles. The van der Waals surface area contributed by atoms with Crippen LogP contribution in [0.5, 0.6) is 5.75 Å². The van der Waals surface area contributed by atoms with Gasteiger partial charge in [0.25, 0.3) is 0 Å². The number of anilines is 2. The number of nitrogens with one attached hydrogen (secondary N) is 2. The van der Waals surface area contributed by atoms with Crippen LogP contribution in [0.1, 0.15) is 12.7 Å². The number of hydrogen-bond donors (Lipinski definition) is 2. The molecule has 0 aromatic carbocycles. The molecular formula is C12H16N4O2. The molecule has 6 nitrogen and oxygen atoms in total. The molecule has 2 aromatic rings. The second-order valence-corrected chi connectivity index (χ2v) is 3.57. The molecule has 2 rings (SSSR count). The van der Waals surface area contributed by atoms with E-state index in [9.17, 15) is 0 Å². The van der Waals surface area contributed by atoms with Crippen molar-refractivity contribution in [2.45, 2.75) is 13.5 Å². The van der Waals surface area contributed by atoms with E-state index in [2.05, 4.69) is 20.6 Å². The molecule has 6 heteroatoms. The quantitative estimate of drug-likeness (QED) is 0.815. The summed E-state index contributed by atoms with van der Waals surface area (Å²) in [6.45, 7) is 3.31. The molecule has 0 spiro atoms. The van der Waals surface area contributed by atoms with Gasteiger partial charge in [-0.05, 0) is 19.1 Å². The Morgan fingerprint density at radius 2 is 2.06 bits per heavy atom. The summed E-state index contributed by atoms with van der Waals surface area (Å²) in [4.78, 5) is 8.30. The monoisotopic (exact) mass is 248 g/mol. The van der Waals surface area contributed by atoms with E-state index in [0.717, 1.165) is 12.3 Å². The predicted octanol–water partition coefficient (Wildman–Crippen LogP) is 2.12. The largest absolute Gasteiger partial charge is 0.490 e. The highest BCUT2D eigenvalue weighted by molar-refractivity contribution is 5.63. The van der Waals surface area contributed by atoms with E-state index in [1.807, 2.05) is 19.1 Å². The van der Waals surface area contributed by atoms with Crippen molar-refractivity contribution >= 4 is 11.6 Å². The van der Waals surface area contributed by atoms with Gasteiger partial charge in [-0.2, -0.15) is 0 Å². The molecule has 0 fully saturated rings. The maximum atomic E-state index is 5.32. The number of nitrogens with zero attached hydrogens (tertiary/aromatic N) is 2. The van der Waals surface area contributed by atoms with Gasteiger partial charge >= 0.3 is 0 Å². The first-order valence-electron chi connectivity index (χ1n) is 5.74. The third-order valence-electron chi connectivity index (χ3n) is 2.36. The second kappa shape index (κ2) is 5.90. The molecular weight excluding hydrogens is 232 g/mol. The predicted molar refractivity (Wildman–Crippen MR) is 68.8 cm³/mol. The maximum Gasteiger partial charge on any atom is 0.204 e. The van der Waals surface area contributed by atoms with Crippen LogP contribution in [-0.2, 0) is 6.54 Å². The van der Waals surface area contributed by atoms with Gasteiger partial charge < -0.3 is 19.8 Å². The smallest absolute Gasteiger partial charge is 0.204 e. The Labute approximate surface area is 105 Å². The summed E-state index contributed by atoms with van der Waals surface area (Å²) < 4.78 is 10.6. The number of aromatic nitrogens is 2. The second-order valence-electron chi connectivity index (χ2n) is 3.57. The minimum absolute atomic E-state index is 0.548. The zero-order valence-corrected chi connectivity index (χ0v) is 10.4. The van der Waals surface area contributed by atoms with Crippen LogP contribution in [0.25, 0.3) is 0 Å². The number of rotatable bonds is 6. The van der Waals surface area contributed by atoms with Crippen molar-refractivity contribution in [3.63, 3.8) is 0 Å². The zero-order chi connectivity index (χ0) is 12.8. The average Bonchev–Trinajstić information content (AvgIpc) is 2.90. The fourth-order valence-corrected chi connectivity index (χ4v) is 1.57. The molecule has 18 heavy (non-hydrogen) atoms. The van der Waals surface area contributed by atoms with Crippen molar-refractivity contribution in [1.82, 2.24) is 9.97 Å². The average molecular weight is 248 g/mol. The lowest BCUT2D eigenvalue weighted by atomic mass is 10.4. The van der Waals surface area contributed by atoms with E-state index in [0.29, 0.717) is 23.9 Å². The summed E-state index contributed by atoms with van der Waals surface area (Å²) in [5, 5.41) is 6.28. The van der Waals surface area contributed by atoms with Crippen LogP contribution in [0.4, 0.5) is 11.6 Å². The third kappa shape index (κ3) is 2.71. The molecule has 2 heterocycles. The molecule has 0 aliphatic rings. The summed E-state index contributed by atoms with van der Waals surface area (Å²) in [5.74, 6) is 2.75. The molecule has 0 amide bonds. The van der Waals surface area contributed by atoms with Crippen molar-refractivity contribution in [2.75, 3.05) is 24.3 Å². The highest BCUT2D eigenvalue weighted by Crippen LogP contribution is 2.28. The normalized spacial score (nSPS) is 10.1. The Hall–Kier alpha value is -2.24. The van der Waals surface area contributed by atoms with Crippen LogP contribution < -0.4 is 15.4 Å². The summed E-state index contributed by atoms with van der Waals surface area (Å²) in [6, 6.07) is 3.74. The first kappa shape index (κ1) is 12.2. The van der Waals surface area contributed by atoms with Crippen molar-refractivity contribution in [3.8, 4) is 5.75 Å². The van der Waals surface area contributed by atoms with Crippen LogP contribution in [0.2, 0.25) is 0 Å². The maximum absolute atomic E-state index is 5.32. The van der Waals surface area contributed by atoms with Gasteiger partial charge in [-0.1, -0.05) is 0 Å². The molecule has 0 atom stereocenters. The van der Waals surface area contributed by atoms with Crippen molar-refractivity contribution in [3.05, 3.63) is 30.5 Å². The topological polar surface area (TPSA) is 72.2 Å². The number of methoxy groups -OCH3 is 1. The van der Waals surface area contributed by atoms with Crippen LogP contribution in [0.3, 0.4) is 0 Å². The minimum atomic E-state index is 0.548. The highest BCUT2D eigenvalue weighted by atomic mass is 16.5. The SMILES string of the molecule is CCNc1ncnc(NCc2ccco2)c1OC. The molecule has 0 aliphatic carbocycles. The third-order valence-corrected chi connectivity index (χ3v) is 2.36. The van der Waals surface area contributed by atoms with Crippen molar-refractivity contribution < 1.29 is 9.15 Å². The lowest BCUT2D eigenvalue weighted by Crippen LogP contribution is -2.07. The van der Waals surface area contributed by atoms with E-state index >= 15 is 0 Å². The van der Waals surface area contributed by atoms with Gasteiger partial charge in [0.2, 0.25) is 5.75 Å². The summed E-state index contributed by atoms with van der Waals surface area (Å²) in [7, 11) is 1.59. The number of hydrogen-bond acceptors (Lipinski definition) is 6. The summed E-state index contributed by atoms with van der Waals surface area (Å²) in [6.07, 6.45) is 3.13. The molecule has 0 aliphatic heterocycles. The van der Waals surface area contributed by atoms with Crippen LogP contribution >= 0.6 is 0 Å². The van der Waals surface area contributed by atoms with Gasteiger partial charge in [-0.25, -0.2) is 9.97 Å². The van der Waals surface area contributed by atoms with Gasteiger partial charge in [0.1, 0.15) is 12.1 Å². The van der Waals surface area contributed by atoms with E-state index in [4.69, 9.17) is 9.15 Å². The van der Waals surface area contributed by atoms with Gasteiger partial charge in [-0.15, -0.1) is 0 Å². The van der Waals surface area contributed by atoms with Gasteiger partial charge in [0.05, 0.1) is 19.9 Å². The molecule has 96 valence electrons. The Morgan fingerprint density at radius 1 is 1.28 bits per heavy atom. The number of furan rings is 1. The number of ether oxygens (including phenoxy) is 1. The zero-order valence-electron chi connectivity index (χ0n) is 10.4. The molecule has 0 saturated heterocycles. The van der Waals surface area contributed by atoms with Gasteiger partial charge in [0, 0.05) is 6.54 Å². The van der Waals surface area contributed by atoms with E-state index in [-0.39, 0.29) is 0 Å². The molecule has 0 bridgehead atoms. The molecule has 0 unspecified atom stereocenters. The van der Waals surface area contributed by atoms with E-state index < -0.39 is 0 Å². The van der Waals surface area contributed by atoms with Crippen LogP contribution in [0.15, 0.2) is 29.1 Å². The van der Waals surface area contributed by atoms with Crippen molar-refractivity contribution in [2.24, 2.45) is 0 Å². The first-order valence-corrected chi connectivity index (χ1v) is 5.74. The van der Waals surface area contributed by atoms with Crippen LogP contribution in [0, 0.1) is 0 Å².